The van der Waals surface area contributed by atoms with Gasteiger partial charge < -0.3 is 28.7 Å². The standard InChI is InChI=1S/C52H53BN2O4S2/c1-50(2,3)30-12-18-43-35(24-30)46-48(60-43)53-45-37(54(46)33-14-16-39-41(28-33)58-22-10-20-56-39)26-32(52(7,8)9)27-38(45)55(34-15-17-40-42(29-34)59-23-11-21-57-40)47-36-25-31(51(4,5)6)13-19-44(36)61-49(47)53/h12-19,24-29H,10-11,20-23H2,1-9H3. The van der Waals surface area contributed by atoms with Crippen LogP contribution in [0.4, 0.5) is 34.1 Å². The molecule has 310 valence electrons. The van der Waals surface area contributed by atoms with Crippen LogP contribution in [-0.4, -0.2) is 33.1 Å². The molecule has 0 saturated carbocycles. The van der Waals surface area contributed by atoms with Crippen LogP contribution in [0.2, 0.25) is 0 Å². The minimum Gasteiger partial charge on any atom is -0.490 e. The van der Waals surface area contributed by atoms with Crippen molar-refractivity contribution in [1.29, 1.82) is 0 Å². The Kier molecular flexibility index (Phi) is 8.70. The number of rotatable bonds is 2. The summed E-state index contributed by atoms with van der Waals surface area (Å²) in [6.07, 6.45) is 1.71. The minimum absolute atomic E-state index is 0.0143. The highest BCUT2D eigenvalue weighted by atomic mass is 32.1. The van der Waals surface area contributed by atoms with E-state index in [1.165, 1.54) is 74.6 Å². The van der Waals surface area contributed by atoms with E-state index in [-0.39, 0.29) is 23.0 Å². The molecular formula is C52H53BN2O4S2. The van der Waals surface area contributed by atoms with Crippen molar-refractivity contribution >= 4 is 98.7 Å². The molecule has 0 N–H and O–H groups in total. The highest BCUT2D eigenvalue weighted by Gasteiger charge is 2.48. The summed E-state index contributed by atoms with van der Waals surface area (Å²) in [6, 6.07) is 32.4. The average molecular weight is 845 g/mol. The lowest BCUT2D eigenvalue weighted by atomic mass is 9.39. The Balaban J connectivity index is 1.27. The Hall–Kier alpha value is -5.12. The van der Waals surface area contributed by atoms with E-state index in [1.807, 2.05) is 22.7 Å². The molecule has 11 rings (SSSR count). The summed E-state index contributed by atoms with van der Waals surface area (Å²) in [5.41, 5.74) is 12.1. The monoisotopic (exact) mass is 844 g/mol. The smallest absolute Gasteiger partial charge is 0.277 e. The highest BCUT2D eigenvalue weighted by Crippen LogP contribution is 2.53. The van der Waals surface area contributed by atoms with E-state index in [2.05, 4.69) is 157 Å². The predicted octanol–water partition coefficient (Wildman–Crippen LogP) is 12.4. The lowest BCUT2D eigenvalue weighted by molar-refractivity contribution is 0.296. The first-order valence-electron chi connectivity index (χ1n) is 21.9. The number of ether oxygens (including phenoxy) is 4. The quantitative estimate of drug-likeness (QED) is 0.162. The summed E-state index contributed by atoms with van der Waals surface area (Å²) in [7, 11) is 0. The van der Waals surface area contributed by atoms with Gasteiger partial charge in [0.2, 0.25) is 0 Å². The van der Waals surface area contributed by atoms with Gasteiger partial charge in [-0.3, -0.25) is 0 Å². The highest BCUT2D eigenvalue weighted by molar-refractivity contribution is 7.40. The topological polar surface area (TPSA) is 43.4 Å². The van der Waals surface area contributed by atoms with Gasteiger partial charge >= 0.3 is 0 Å². The van der Waals surface area contributed by atoms with Gasteiger partial charge in [0.05, 0.1) is 49.2 Å². The van der Waals surface area contributed by atoms with Gasteiger partial charge in [-0.2, -0.15) is 0 Å². The molecule has 0 saturated heterocycles. The average Bonchev–Trinajstić information content (AvgIpc) is 3.55. The molecule has 7 aromatic rings. The summed E-state index contributed by atoms with van der Waals surface area (Å²) in [5.74, 6) is 3.20. The van der Waals surface area contributed by atoms with Crippen molar-refractivity contribution in [2.45, 2.75) is 91.4 Å². The molecule has 61 heavy (non-hydrogen) atoms. The Morgan fingerprint density at radius 3 is 1.28 bits per heavy atom. The molecule has 6 heterocycles. The molecule has 0 radical (unpaired) electrons. The first-order valence-corrected chi connectivity index (χ1v) is 23.5. The third-order valence-corrected chi connectivity index (χ3v) is 15.3. The van der Waals surface area contributed by atoms with Gasteiger partial charge in [-0.05, 0) is 99.1 Å². The van der Waals surface area contributed by atoms with Gasteiger partial charge in [-0.25, -0.2) is 0 Å². The van der Waals surface area contributed by atoms with Crippen LogP contribution in [0.25, 0.3) is 20.2 Å². The van der Waals surface area contributed by atoms with Crippen molar-refractivity contribution in [3.05, 3.63) is 102 Å². The molecule has 5 aromatic carbocycles. The van der Waals surface area contributed by atoms with Crippen LogP contribution >= 0.6 is 22.7 Å². The second-order valence-electron chi connectivity index (χ2n) is 20.2. The number of benzene rings is 5. The first-order chi connectivity index (χ1) is 29.1. The molecule has 0 amide bonds. The molecule has 4 aliphatic rings. The van der Waals surface area contributed by atoms with E-state index in [0.29, 0.717) is 26.4 Å². The second kappa shape index (κ2) is 13.7. The summed E-state index contributed by atoms with van der Waals surface area (Å²) in [4.78, 5) is 5.11. The largest absolute Gasteiger partial charge is 0.490 e. The molecule has 0 bridgehead atoms. The fourth-order valence-corrected chi connectivity index (χ4v) is 12.1. The van der Waals surface area contributed by atoms with Crippen molar-refractivity contribution < 1.29 is 18.9 Å². The fourth-order valence-electron chi connectivity index (χ4n) is 9.46. The molecule has 0 unspecified atom stereocenters. The molecule has 0 fully saturated rings. The summed E-state index contributed by atoms with van der Waals surface area (Å²) < 4.78 is 30.6. The minimum atomic E-state index is -0.152. The van der Waals surface area contributed by atoms with Crippen LogP contribution in [0.15, 0.2) is 84.9 Å². The Morgan fingerprint density at radius 2 is 0.869 bits per heavy atom. The Labute approximate surface area is 368 Å². The molecule has 0 aliphatic carbocycles. The molecule has 0 spiro atoms. The van der Waals surface area contributed by atoms with Gasteiger partial charge in [0, 0.05) is 66.1 Å². The second-order valence-corrected chi connectivity index (χ2v) is 22.4. The maximum absolute atomic E-state index is 6.41. The molecule has 0 atom stereocenters. The number of nitrogens with zero attached hydrogens (tertiary/aromatic N) is 2. The molecule has 6 nitrogen and oxygen atoms in total. The van der Waals surface area contributed by atoms with E-state index in [1.54, 1.807) is 0 Å². The number of fused-ring (bicyclic) bond motifs is 10. The number of hydrogen-bond donors (Lipinski definition) is 0. The van der Waals surface area contributed by atoms with Crippen molar-refractivity contribution in [1.82, 2.24) is 0 Å². The van der Waals surface area contributed by atoms with Gasteiger partial charge in [-0.15, -0.1) is 22.7 Å². The SMILES string of the molecule is CC(C)(C)c1cc2c3c(c1)N(c1ccc4c(c1)OCCCO4)c1c(sc4ccc(C(C)(C)C)cc14)B3c1sc3ccc(C(C)(C)C)cc3c1N2c1ccc2c(c1)OCCCO2. The van der Waals surface area contributed by atoms with Gasteiger partial charge in [0.25, 0.3) is 6.71 Å². The predicted molar refractivity (Wildman–Crippen MR) is 259 cm³/mol. The third kappa shape index (κ3) is 6.24. The van der Waals surface area contributed by atoms with E-state index in [0.717, 1.165) is 47.2 Å². The van der Waals surface area contributed by atoms with Crippen LogP contribution in [0, 0.1) is 0 Å². The zero-order valence-corrected chi connectivity index (χ0v) is 38.4. The Morgan fingerprint density at radius 1 is 0.459 bits per heavy atom. The summed E-state index contributed by atoms with van der Waals surface area (Å²) >= 11 is 3.90. The Bertz CT molecular complexity index is 2740. The van der Waals surface area contributed by atoms with Crippen molar-refractivity contribution in [2.24, 2.45) is 0 Å². The zero-order valence-electron chi connectivity index (χ0n) is 36.7. The normalized spacial score (nSPS) is 16.0. The first kappa shape index (κ1) is 38.8. The number of hydrogen-bond acceptors (Lipinski definition) is 8. The van der Waals surface area contributed by atoms with Crippen molar-refractivity contribution in [3.8, 4) is 23.0 Å². The molecule has 9 heteroatoms. The summed E-state index contributed by atoms with van der Waals surface area (Å²) in [5, 5.41) is 2.58. The van der Waals surface area contributed by atoms with E-state index < -0.39 is 0 Å². The molecule has 2 aromatic heterocycles. The van der Waals surface area contributed by atoms with E-state index in [4.69, 9.17) is 18.9 Å². The number of thiophene rings is 2. The lowest BCUT2D eigenvalue weighted by Gasteiger charge is -2.43. The van der Waals surface area contributed by atoms with Crippen molar-refractivity contribution in [2.75, 3.05) is 36.2 Å². The zero-order chi connectivity index (χ0) is 42.2. The van der Waals surface area contributed by atoms with Crippen LogP contribution in [0.3, 0.4) is 0 Å². The van der Waals surface area contributed by atoms with E-state index >= 15 is 0 Å². The fraction of sp³-hybridized carbons (Fsp3) is 0.346. The third-order valence-electron chi connectivity index (χ3n) is 12.8. The maximum Gasteiger partial charge on any atom is 0.277 e. The van der Waals surface area contributed by atoms with Gasteiger partial charge in [0.1, 0.15) is 0 Å². The van der Waals surface area contributed by atoms with Crippen LogP contribution in [0.5, 0.6) is 23.0 Å². The van der Waals surface area contributed by atoms with Crippen LogP contribution in [0.1, 0.15) is 91.8 Å². The number of anilines is 6. The maximum atomic E-state index is 6.41. The van der Waals surface area contributed by atoms with Gasteiger partial charge in [0.15, 0.2) is 23.0 Å². The summed E-state index contributed by atoms with van der Waals surface area (Å²) in [6.45, 7) is 23.5. The van der Waals surface area contributed by atoms with Crippen LogP contribution in [-0.2, 0) is 16.2 Å². The van der Waals surface area contributed by atoms with E-state index in [9.17, 15) is 0 Å². The van der Waals surface area contributed by atoms with Crippen LogP contribution < -0.4 is 43.8 Å². The molecular weight excluding hydrogens is 792 g/mol. The van der Waals surface area contributed by atoms with Gasteiger partial charge in [-0.1, -0.05) is 74.4 Å². The van der Waals surface area contributed by atoms with Crippen molar-refractivity contribution in [3.63, 3.8) is 0 Å². The lowest BCUT2D eigenvalue weighted by Crippen LogP contribution is -2.59. The molecule has 4 aliphatic heterocycles.